The molecular formula is C64H42N2. The van der Waals surface area contributed by atoms with Crippen LogP contribution in [0.3, 0.4) is 0 Å². The van der Waals surface area contributed by atoms with Gasteiger partial charge >= 0.3 is 0 Å². The zero-order valence-electron chi connectivity index (χ0n) is 36.1. The van der Waals surface area contributed by atoms with Crippen molar-refractivity contribution >= 4 is 82.0 Å². The summed E-state index contributed by atoms with van der Waals surface area (Å²) < 4.78 is 2.50. The lowest BCUT2D eigenvalue weighted by atomic mass is 9.85. The fraction of sp³-hybridized carbons (Fsp3) is 0. The second-order valence-electron chi connectivity index (χ2n) is 17.2. The molecule has 0 amide bonds. The zero-order chi connectivity index (χ0) is 43.6. The van der Waals surface area contributed by atoms with E-state index in [2.05, 4.69) is 264 Å². The minimum absolute atomic E-state index is 1.07. The average Bonchev–Trinajstić information content (AvgIpc) is 3.73. The predicted molar refractivity (Wildman–Crippen MR) is 282 cm³/mol. The molecule has 0 N–H and O–H groups in total. The lowest BCUT2D eigenvalue weighted by Gasteiger charge is -2.28. The lowest BCUT2D eigenvalue weighted by molar-refractivity contribution is 1.18. The molecule has 0 aliphatic heterocycles. The predicted octanol–water partition coefficient (Wildman–Crippen LogP) is 17.9. The zero-order valence-corrected chi connectivity index (χ0v) is 36.1. The van der Waals surface area contributed by atoms with E-state index in [9.17, 15) is 0 Å². The first kappa shape index (κ1) is 37.8. The molecule has 0 saturated heterocycles. The Kier molecular flexibility index (Phi) is 8.89. The van der Waals surface area contributed by atoms with Crippen LogP contribution in [-0.4, -0.2) is 4.57 Å². The van der Waals surface area contributed by atoms with E-state index in [0.717, 1.165) is 28.3 Å². The van der Waals surface area contributed by atoms with Crippen LogP contribution < -0.4 is 4.90 Å². The van der Waals surface area contributed by atoms with Crippen LogP contribution in [0.15, 0.2) is 255 Å². The third-order valence-corrected chi connectivity index (χ3v) is 13.5. The largest absolute Gasteiger partial charge is 0.308 e. The maximum atomic E-state index is 2.50. The van der Waals surface area contributed by atoms with Crippen molar-refractivity contribution in [2.75, 3.05) is 4.90 Å². The Morgan fingerprint density at radius 1 is 0.288 bits per heavy atom. The van der Waals surface area contributed by atoms with Gasteiger partial charge in [-0.05, 0) is 114 Å². The van der Waals surface area contributed by atoms with Crippen LogP contribution in [0.5, 0.6) is 0 Å². The minimum Gasteiger partial charge on any atom is -0.308 e. The fourth-order valence-corrected chi connectivity index (χ4v) is 10.7. The molecule has 13 rings (SSSR count). The highest BCUT2D eigenvalue weighted by molar-refractivity contribution is 6.23. The van der Waals surface area contributed by atoms with E-state index in [1.807, 2.05) is 0 Å². The van der Waals surface area contributed by atoms with Gasteiger partial charge in [0.25, 0.3) is 0 Å². The third-order valence-electron chi connectivity index (χ3n) is 13.5. The molecule has 1 aromatic heterocycles. The Morgan fingerprint density at radius 3 is 1.55 bits per heavy atom. The van der Waals surface area contributed by atoms with Crippen LogP contribution in [-0.2, 0) is 0 Å². The summed E-state index contributed by atoms with van der Waals surface area (Å²) in [6, 6.07) is 93.4. The Balaban J connectivity index is 1.13. The number of hydrogen-bond donors (Lipinski definition) is 0. The average molecular weight is 839 g/mol. The van der Waals surface area contributed by atoms with Gasteiger partial charge < -0.3 is 9.47 Å². The van der Waals surface area contributed by atoms with Gasteiger partial charge in [-0.1, -0.05) is 212 Å². The van der Waals surface area contributed by atoms with Gasteiger partial charge in [0.2, 0.25) is 0 Å². The molecule has 0 bridgehead atoms. The summed E-state index contributed by atoms with van der Waals surface area (Å²) in [5.41, 5.74) is 14.0. The molecule has 1 heterocycles. The first-order valence-electron chi connectivity index (χ1n) is 22.8. The van der Waals surface area contributed by atoms with Crippen molar-refractivity contribution in [1.29, 1.82) is 0 Å². The highest BCUT2D eigenvalue weighted by Crippen LogP contribution is 2.49. The van der Waals surface area contributed by atoms with E-state index in [-0.39, 0.29) is 0 Å². The van der Waals surface area contributed by atoms with Crippen LogP contribution in [0.25, 0.3) is 104 Å². The normalized spacial score (nSPS) is 11.6. The van der Waals surface area contributed by atoms with Gasteiger partial charge in [0, 0.05) is 27.5 Å². The smallest absolute Gasteiger partial charge is 0.0782 e. The fourth-order valence-electron chi connectivity index (χ4n) is 10.7. The molecule has 66 heavy (non-hydrogen) atoms. The summed E-state index contributed by atoms with van der Waals surface area (Å²) in [6.45, 7) is 0. The molecule has 0 fully saturated rings. The highest BCUT2D eigenvalue weighted by atomic mass is 15.2. The van der Waals surface area contributed by atoms with Crippen molar-refractivity contribution in [3.63, 3.8) is 0 Å². The van der Waals surface area contributed by atoms with Crippen LogP contribution in [0.2, 0.25) is 0 Å². The van der Waals surface area contributed by atoms with Gasteiger partial charge in [0.05, 0.1) is 22.4 Å². The summed E-state index contributed by atoms with van der Waals surface area (Å²) in [6.07, 6.45) is 0. The molecule has 0 atom stereocenters. The van der Waals surface area contributed by atoms with E-state index < -0.39 is 0 Å². The monoisotopic (exact) mass is 838 g/mol. The topological polar surface area (TPSA) is 8.17 Å². The van der Waals surface area contributed by atoms with Crippen LogP contribution in [0.1, 0.15) is 0 Å². The molecule has 0 radical (unpaired) electrons. The number of rotatable bonds is 7. The number of hydrogen-bond acceptors (Lipinski definition) is 1. The third kappa shape index (κ3) is 6.04. The summed E-state index contributed by atoms with van der Waals surface area (Å²) in [7, 11) is 0. The summed E-state index contributed by atoms with van der Waals surface area (Å²) in [4.78, 5) is 2.49. The number of para-hydroxylation sites is 2. The van der Waals surface area contributed by atoms with E-state index in [4.69, 9.17) is 0 Å². The Bertz CT molecular complexity index is 3970. The van der Waals surface area contributed by atoms with Crippen LogP contribution in [0.4, 0.5) is 17.1 Å². The molecule has 13 aromatic rings. The SMILES string of the molecule is c1ccc(-c2c(-c3ccccc3)c3cc(N(c4ccc(-c5cccc6ccccc56)cc4)c4cccc5c6ccccc6n(-c6cccc7ccccc67)c45)ccc3c3ccccc23)cc1. The highest BCUT2D eigenvalue weighted by Gasteiger charge is 2.24. The van der Waals surface area contributed by atoms with Crippen LogP contribution >= 0.6 is 0 Å². The first-order chi connectivity index (χ1) is 32.8. The molecule has 0 aliphatic rings. The first-order valence-corrected chi connectivity index (χ1v) is 22.8. The summed E-state index contributed by atoms with van der Waals surface area (Å²) >= 11 is 0. The van der Waals surface area contributed by atoms with Gasteiger partial charge in [-0.3, -0.25) is 0 Å². The van der Waals surface area contributed by atoms with E-state index >= 15 is 0 Å². The summed E-state index contributed by atoms with van der Waals surface area (Å²) in [5, 5.41) is 12.2. The van der Waals surface area contributed by atoms with Crippen LogP contribution in [0, 0.1) is 0 Å². The van der Waals surface area contributed by atoms with Gasteiger partial charge in [-0.25, -0.2) is 0 Å². The number of nitrogens with zero attached hydrogens (tertiary/aromatic N) is 2. The van der Waals surface area contributed by atoms with Crippen molar-refractivity contribution < 1.29 is 0 Å². The molecule has 0 saturated carbocycles. The molecule has 2 nitrogen and oxygen atoms in total. The van der Waals surface area contributed by atoms with Crippen molar-refractivity contribution in [1.82, 2.24) is 4.57 Å². The molecule has 12 aromatic carbocycles. The number of fused-ring (bicyclic) bond motifs is 8. The maximum absolute atomic E-state index is 2.50. The molecule has 308 valence electrons. The second-order valence-corrected chi connectivity index (χ2v) is 17.2. The Morgan fingerprint density at radius 2 is 0.803 bits per heavy atom. The van der Waals surface area contributed by atoms with Crippen molar-refractivity contribution in [2.24, 2.45) is 0 Å². The summed E-state index contributed by atoms with van der Waals surface area (Å²) in [5.74, 6) is 0. The number of anilines is 3. The number of benzene rings is 12. The molecular weight excluding hydrogens is 797 g/mol. The van der Waals surface area contributed by atoms with E-state index in [1.54, 1.807) is 0 Å². The van der Waals surface area contributed by atoms with Gasteiger partial charge in [0.15, 0.2) is 0 Å². The van der Waals surface area contributed by atoms with Gasteiger partial charge in [-0.2, -0.15) is 0 Å². The van der Waals surface area contributed by atoms with Crippen molar-refractivity contribution in [3.05, 3.63) is 255 Å². The maximum Gasteiger partial charge on any atom is 0.0782 e. The van der Waals surface area contributed by atoms with Crippen molar-refractivity contribution in [3.8, 4) is 39.1 Å². The Labute approximate surface area is 383 Å². The van der Waals surface area contributed by atoms with Gasteiger partial charge in [0.1, 0.15) is 0 Å². The molecule has 2 heteroatoms. The standard InChI is InChI=1S/C64H42N2/c1-3-20-46(21-4-1)62-56-30-12-11-28-53(56)54-41-40-49(42-58(54)63(62)47-22-5-2-6-23-47)65(48-38-36-45(37-39-48)51-31-15-24-43-18-7-9-26-50(43)51)61-35-17-32-57-55-29-13-14-33-60(55)66(64(57)61)59-34-16-25-44-19-8-10-27-52(44)59/h1-42H. The number of aromatic nitrogens is 1. The van der Waals surface area contributed by atoms with Gasteiger partial charge in [-0.15, -0.1) is 0 Å². The quantitative estimate of drug-likeness (QED) is 0.145. The lowest BCUT2D eigenvalue weighted by Crippen LogP contribution is -2.12. The minimum atomic E-state index is 1.07. The van der Waals surface area contributed by atoms with Crippen molar-refractivity contribution in [2.45, 2.75) is 0 Å². The molecule has 0 unspecified atom stereocenters. The molecule has 0 aliphatic carbocycles. The Hall–Kier alpha value is -8.72. The second kappa shape index (κ2) is 15.5. The van der Waals surface area contributed by atoms with E-state index in [1.165, 1.54) is 92.8 Å². The molecule has 0 spiro atoms. The van der Waals surface area contributed by atoms with E-state index in [0.29, 0.717) is 0 Å².